The van der Waals surface area contributed by atoms with E-state index in [-0.39, 0.29) is 12.0 Å². The summed E-state index contributed by atoms with van der Waals surface area (Å²) in [7, 11) is 0. The third-order valence-corrected chi connectivity index (χ3v) is 3.66. The van der Waals surface area contributed by atoms with E-state index in [1.54, 1.807) is 6.20 Å². The van der Waals surface area contributed by atoms with Gasteiger partial charge >= 0.3 is 0 Å². The highest BCUT2D eigenvalue weighted by Crippen LogP contribution is 2.11. The molecule has 19 heavy (non-hydrogen) atoms. The summed E-state index contributed by atoms with van der Waals surface area (Å²) < 4.78 is 0. The smallest absolute Gasteiger partial charge is 0.257 e. The molecule has 0 aliphatic carbocycles. The summed E-state index contributed by atoms with van der Waals surface area (Å²) >= 11 is 0. The van der Waals surface area contributed by atoms with E-state index in [0.717, 1.165) is 25.2 Å². The largest absolute Gasteiger partial charge is 0.392 e. The fourth-order valence-electron chi connectivity index (χ4n) is 2.30. The van der Waals surface area contributed by atoms with Gasteiger partial charge in [-0.3, -0.25) is 14.8 Å². The number of aliphatic hydroxyl groups is 1. The molecule has 0 radical (unpaired) electrons. The van der Waals surface area contributed by atoms with Crippen LogP contribution in [-0.2, 0) is 0 Å². The second kappa shape index (κ2) is 6.16. The molecule has 0 saturated carbocycles. The Kier molecular flexibility index (Phi) is 4.55. The molecule has 106 valence electrons. The standard InChI is InChI=1S/C13H22N4O2/c1-3-11(18)9-16-4-6-17(7-5-16)13(19)12-8-14-15-10(12)2/h8,11,18H,3-7,9H2,1-2H3,(H,14,15)/t11-/m1/s1. The molecular formula is C13H22N4O2. The average molecular weight is 266 g/mol. The first-order valence-corrected chi connectivity index (χ1v) is 6.81. The van der Waals surface area contributed by atoms with Gasteiger partial charge in [-0.25, -0.2) is 0 Å². The summed E-state index contributed by atoms with van der Waals surface area (Å²) in [6, 6.07) is 0. The first-order chi connectivity index (χ1) is 9.11. The molecular weight excluding hydrogens is 244 g/mol. The van der Waals surface area contributed by atoms with E-state index < -0.39 is 0 Å². The Hall–Kier alpha value is -1.40. The van der Waals surface area contributed by atoms with Gasteiger partial charge in [-0.2, -0.15) is 5.10 Å². The normalized spacial score (nSPS) is 18.6. The van der Waals surface area contributed by atoms with Crippen molar-refractivity contribution in [2.24, 2.45) is 0 Å². The Morgan fingerprint density at radius 1 is 1.47 bits per heavy atom. The monoisotopic (exact) mass is 266 g/mol. The highest BCUT2D eigenvalue weighted by Gasteiger charge is 2.24. The van der Waals surface area contributed by atoms with Crippen molar-refractivity contribution in [3.05, 3.63) is 17.5 Å². The molecule has 1 amide bonds. The lowest BCUT2D eigenvalue weighted by molar-refractivity contribution is 0.0523. The second-order valence-electron chi connectivity index (χ2n) is 5.06. The number of rotatable bonds is 4. The minimum atomic E-state index is -0.265. The van der Waals surface area contributed by atoms with Crippen LogP contribution in [0.3, 0.4) is 0 Å². The van der Waals surface area contributed by atoms with Gasteiger partial charge in [0, 0.05) is 38.4 Å². The van der Waals surface area contributed by atoms with E-state index in [4.69, 9.17) is 0 Å². The number of aromatic nitrogens is 2. The van der Waals surface area contributed by atoms with Crippen LogP contribution in [-0.4, -0.2) is 69.8 Å². The third kappa shape index (κ3) is 3.33. The van der Waals surface area contributed by atoms with Gasteiger partial charge < -0.3 is 10.0 Å². The number of carbonyl (C=O) groups is 1. The molecule has 1 aliphatic rings. The van der Waals surface area contributed by atoms with Gasteiger partial charge in [-0.1, -0.05) is 6.92 Å². The first kappa shape index (κ1) is 14.0. The Labute approximate surface area is 113 Å². The van der Waals surface area contributed by atoms with Crippen molar-refractivity contribution < 1.29 is 9.90 Å². The van der Waals surface area contributed by atoms with Crippen molar-refractivity contribution >= 4 is 5.91 Å². The molecule has 2 N–H and O–H groups in total. The second-order valence-corrected chi connectivity index (χ2v) is 5.06. The number of nitrogens with zero attached hydrogens (tertiary/aromatic N) is 3. The van der Waals surface area contributed by atoms with Crippen molar-refractivity contribution in [2.45, 2.75) is 26.4 Å². The summed E-state index contributed by atoms with van der Waals surface area (Å²) in [5.41, 5.74) is 1.47. The lowest BCUT2D eigenvalue weighted by Gasteiger charge is -2.35. The molecule has 2 heterocycles. The molecule has 1 aliphatic heterocycles. The van der Waals surface area contributed by atoms with Gasteiger partial charge in [-0.05, 0) is 13.3 Å². The van der Waals surface area contributed by atoms with E-state index in [1.807, 2.05) is 18.7 Å². The lowest BCUT2D eigenvalue weighted by Crippen LogP contribution is -2.50. The van der Waals surface area contributed by atoms with Crippen LogP contribution in [0.25, 0.3) is 0 Å². The Morgan fingerprint density at radius 2 is 2.16 bits per heavy atom. The van der Waals surface area contributed by atoms with E-state index in [0.29, 0.717) is 25.2 Å². The molecule has 2 rings (SSSR count). The number of nitrogens with one attached hydrogen (secondary N) is 1. The number of aromatic amines is 1. The van der Waals surface area contributed by atoms with Gasteiger partial charge in [0.2, 0.25) is 0 Å². The van der Waals surface area contributed by atoms with Crippen LogP contribution in [0.2, 0.25) is 0 Å². The fraction of sp³-hybridized carbons (Fsp3) is 0.692. The van der Waals surface area contributed by atoms with Gasteiger partial charge in [0.15, 0.2) is 0 Å². The topological polar surface area (TPSA) is 72.5 Å². The quantitative estimate of drug-likeness (QED) is 0.819. The van der Waals surface area contributed by atoms with Crippen LogP contribution in [0.4, 0.5) is 0 Å². The first-order valence-electron chi connectivity index (χ1n) is 6.81. The maximum Gasteiger partial charge on any atom is 0.257 e. The molecule has 0 spiro atoms. The predicted octanol–water partition coefficient (Wildman–Crippen LogP) is 0.247. The maximum absolute atomic E-state index is 12.3. The number of aliphatic hydroxyl groups excluding tert-OH is 1. The third-order valence-electron chi connectivity index (χ3n) is 3.66. The van der Waals surface area contributed by atoms with Crippen molar-refractivity contribution in [3.8, 4) is 0 Å². The van der Waals surface area contributed by atoms with Gasteiger partial charge in [-0.15, -0.1) is 0 Å². The zero-order valence-corrected chi connectivity index (χ0v) is 11.6. The summed E-state index contributed by atoms with van der Waals surface area (Å²) in [4.78, 5) is 16.3. The van der Waals surface area contributed by atoms with Crippen molar-refractivity contribution in [2.75, 3.05) is 32.7 Å². The van der Waals surface area contributed by atoms with Crippen LogP contribution in [0.15, 0.2) is 6.20 Å². The van der Waals surface area contributed by atoms with E-state index in [2.05, 4.69) is 15.1 Å². The summed E-state index contributed by atoms with van der Waals surface area (Å²) in [6.07, 6.45) is 2.09. The molecule has 1 fully saturated rings. The van der Waals surface area contributed by atoms with Crippen LogP contribution < -0.4 is 0 Å². The number of aryl methyl sites for hydroxylation is 1. The van der Waals surface area contributed by atoms with Crippen molar-refractivity contribution in [3.63, 3.8) is 0 Å². The molecule has 0 unspecified atom stereocenters. The van der Waals surface area contributed by atoms with Crippen molar-refractivity contribution in [1.29, 1.82) is 0 Å². The minimum absolute atomic E-state index is 0.0435. The number of H-pyrrole nitrogens is 1. The zero-order valence-electron chi connectivity index (χ0n) is 11.6. The highest BCUT2D eigenvalue weighted by atomic mass is 16.3. The van der Waals surface area contributed by atoms with E-state index in [1.165, 1.54) is 0 Å². The molecule has 1 atom stereocenters. The van der Waals surface area contributed by atoms with Crippen LogP contribution in [0.5, 0.6) is 0 Å². The number of β-amino-alcohol motifs (C(OH)–C–C–N with tert-alkyl or cyclic N) is 1. The lowest BCUT2D eigenvalue weighted by atomic mass is 10.2. The Balaban J connectivity index is 1.86. The van der Waals surface area contributed by atoms with Crippen LogP contribution in [0.1, 0.15) is 29.4 Å². The molecule has 0 aromatic carbocycles. The molecule has 6 heteroatoms. The zero-order chi connectivity index (χ0) is 13.8. The van der Waals surface area contributed by atoms with Gasteiger partial charge in [0.25, 0.3) is 5.91 Å². The Bertz CT molecular complexity index is 424. The van der Waals surface area contributed by atoms with E-state index >= 15 is 0 Å². The van der Waals surface area contributed by atoms with Crippen molar-refractivity contribution in [1.82, 2.24) is 20.0 Å². The molecule has 1 aromatic rings. The molecule has 1 saturated heterocycles. The predicted molar refractivity (Wildman–Crippen MR) is 72.0 cm³/mol. The van der Waals surface area contributed by atoms with Crippen LogP contribution >= 0.6 is 0 Å². The number of hydrogen-bond acceptors (Lipinski definition) is 4. The fourth-order valence-corrected chi connectivity index (χ4v) is 2.30. The molecule has 0 bridgehead atoms. The minimum Gasteiger partial charge on any atom is -0.392 e. The summed E-state index contributed by atoms with van der Waals surface area (Å²) in [5.74, 6) is 0.0435. The number of amides is 1. The van der Waals surface area contributed by atoms with E-state index in [9.17, 15) is 9.90 Å². The van der Waals surface area contributed by atoms with Crippen LogP contribution in [0, 0.1) is 6.92 Å². The summed E-state index contributed by atoms with van der Waals surface area (Å²) in [5, 5.41) is 16.3. The maximum atomic E-state index is 12.3. The molecule has 1 aromatic heterocycles. The Morgan fingerprint density at radius 3 is 2.68 bits per heavy atom. The van der Waals surface area contributed by atoms with Gasteiger partial charge in [0.1, 0.15) is 0 Å². The summed E-state index contributed by atoms with van der Waals surface area (Å²) in [6.45, 7) is 7.59. The number of hydrogen-bond donors (Lipinski definition) is 2. The number of piperazine rings is 1. The average Bonchev–Trinajstić information content (AvgIpc) is 2.85. The SMILES string of the molecule is CC[C@@H](O)CN1CCN(C(=O)c2cn[nH]c2C)CC1. The number of carbonyl (C=O) groups excluding carboxylic acids is 1. The molecule has 6 nitrogen and oxygen atoms in total. The van der Waals surface area contributed by atoms with Gasteiger partial charge in [0.05, 0.1) is 17.9 Å². The highest BCUT2D eigenvalue weighted by molar-refractivity contribution is 5.95.